The Kier molecular flexibility index (Phi) is 3.98. The van der Waals surface area contributed by atoms with Gasteiger partial charge < -0.3 is 10.2 Å². The van der Waals surface area contributed by atoms with Crippen LogP contribution in [-0.4, -0.2) is 58.3 Å². The van der Waals surface area contributed by atoms with Gasteiger partial charge in [0, 0.05) is 31.8 Å². The molecule has 18 heavy (non-hydrogen) atoms. The molecule has 0 amide bonds. The van der Waals surface area contributed by atoms with E-state index in [1.165, 1.54) is 0 Å². The summed E-state index contributed by atoms with van der Waals surface area (Å²) in [4.78, 5) is 22.0. The predicted octanol–water partition coefficient (Wildman–Crippen LogP) is 0.415. The first-order chi connectivity index (χ1) is 8.58. The summed E-state index contributed by atoms with van der Waals surface area (Å²) in [5.41, 5.74) is 0.402. The topological polar surface area (TPSA) is 81.1 Å². The lowest BCUT2D eigenvalue weighted by Crippen LogP contribution is -2.51. The summed E-state index contributed by atoms with van der Waals surface area (Å²) in [6.45, 7) is 2.45. The van der Waals surface area contributed by atoms with Gasteiger partial charge in [-0.3, -0.25) is 4.79 Å². The number of carbonyl (C=O) groups is 2. The Morgan fingerprint density at radius 2 is 2.00 bits per heavy atom. The predicted molar refractivity (Wildman–Crippen MR) is 63.8 cm³/mol. The second-order valence-corrected chi connectivity index (χ2v) is 4.80. The van der Waals surface area contributed by atoms with Gasteiger partial charge in [0.2, 0.25) is 0 Å². The van der Waals surface area contributed by atoms with E-state index >= 15 is 0 Å². The van der Waals surface area contributed by atoms with Crippen LogP contribution in [0.1, 0.15) is 19.3 Å². The fourth-order valence-corrected chi connectivity index (χ4v) is 2.54. The maximum Gasteiger partial charge on any atom is 0.332 e. The van der Waals surface area contributed by atoms with Crippen molar-refractivity contribution in [2.45, 2.75) is 19.3 Å². The van der Waals surface area contributed by atoms with E-state index in [0.29, 0.717) is 31.5 Å². The molecule has 100 valence electrons. The number of carboxylic acids is 2. The Morgan fingerprint density at radius 3 is 2.67 bits per heavy atom. The highest BCUT2D eigenvalue weighted by molar-refractivity contribution is 5.87. The summed E-state index contributed by atoms with van der Waals surface area (Å²) in [6, 6.07) is 0. The summed E-state index contributed by atoms with van der Waals surface area (Å²) in [5.74, 6) is -1.98. The largest absolute Gasteiger partial charge is 0.481 e. The maximum absolute atomic E-state index is 11.0. The van der Waals surface area contributed by atoms with E-state index in [1.54, 1.807) is 6.08 Å². The first-order valence-corrected chi connectivity index (χ1v) is 6.23. The van der Waals surface area contributed by atoms with Crippen LogP contribution in [0.3, 0.4) is 0 Å². The Bertz CT molecular complexity index is 380. The summed E-state index contributed by atoms with van der Waals surface area (Å²) in [6.07, 6.45) is 4.01. The van der Waals surface area contributed by atoms with Crippen LogP contribution >= 0.6 is 0 Å². The first kappa shape index (κ1) is 13.0. The molecule has 0 aromatic heterocycles. The van der Waals surface area contributed by atoms with E-state index in [-0.39, 0.29) is 5.92 Å². The van der Waals surface area contributed by atoms with Crippen LogP contribution in [0.2, 0.25) is 0 Å². The summed E-state index contributed by atoms with van der Waals surface area (Å²) < 4.78 is 0. The van der Waals surface area contributed by atoms with Crippen molar-refractivity contribution in [2.24, 2.45) is 5.92 Å². The summed E-state index contributed by atoms with van der Waals surface area (Å²) >= 11 is 0. The van der Waals surface area contributed by atoms with Gasteiger partial charge in [-0.25, -0.2) is 14.8 Å². The number of hydrogen-bond donors (Lipinski definition) is 2. The number of hydrazine groups is 1. The third-order valence-corrected chi connectivity index (χ3v) is 3.55. The molecule has 2 aliphatic heterocycles. The SMILES string of the molecule is O=C(O)C1=CCCN(N2CCCC(C(=O)O)C2)C1. The Morgan fingerprint density at radius 1 is 1.22 bits per heavy atom. The smallest absolute Gasteiger partial charge is 0.332 e. The average molecular weight is 254 g/mol. The molecule has 6 nitrogen and oxygen atoms in total. The average Bonchev–Trinajstić information content (AvgIpc) is 2.39. The van der Waals surface area contributed by atoms with Gasteiger partial charge in [-0.15, -0.1) is 0 Å². The van der Waals surface area contributed by atoms with Crippen LogP contribution in [0, 0.1) is 5.92 Å². The molecule has 0 saturated carbocycles. The molecule has 2 heterocycles. The van der Waals surface area contributed by atoms with Crippen molar-refractivity contribution >= 4 is 11.9 Å². The standard InChI is InChI=1S/C12H18N2O4/c15-11(16)9-3-1-5-13(7-9)14-6-2-4-10(8-14)12(17)18/h3,10H,1-2,4-8H2,(H,15,16)(H,17,18). The monoisotopic (exact) mass is 254 g/mol. The number of nitrogens with zero attached hydrogens (tertiary/aromatic N) is 2. The van der Waals surface area contributed by atoms with Crippen molar-refractivity contribution < 1.29 is 19.8 Å². The molecule has 0 aromatic rings. The quantitative estimate of drug-likeness (QED) is 0.759. The number of aliphatic carboxylic acids is 2. The van der Waals surface area contributed by atoms with Gasteiger partial charge in [-0.2, -0.15) is 0 Å². The highest BCUT2D eigenvalue weighted by Gasteiger charge is 2.30. The van der Waals surface area contributed by atoms with Gasteiger partial charge in [0.15, 0.2) is 0 Å². The number of hydrogen-bond acceptors (Lipinski definition) is 4. The molecule has 1 saturated heterocycles. The minimum atomic E-state index is -0.883. The highest BCUT2D eigenvalue weighted by Crippen LogP contribution is 2.21. The van der Waals surface area contributed by atoms with Gasteiger partial charge in [0.25, 0.3) is 0 Å². The molecular formula is C12H18N2O4. The molecule has 0 bridgehead atoms. The van der Waals surface area contributed by atoms with Crippen molar-refractivity contribution in [3.05, 3.63) is 11.6 Å². The lowest BCUT2D eigenvalue weighted by molar-refractivity contribution is -0.148. The highest BCUT2D eigenvalue weighted by atomic mass is 16.4. The van der Waals surface area contributed by atoms with Gasteiger partial charge >= 0.3 is 11.9 Å². The van der Waals surface area contributed by atoms with Crippen LogP contribution in [0.4, 0.5) is 0 Å². The number of piperidine rings is 1. The van der Waals surface area contributed by atoms with E-state index in [4.69, 9.17) is 10.2 Å². The van der Waals surface area contributed by atoms with Gasteiger partial charge in [0.1, 0.15) is 0 Å². The van der Waals surface area contributed by atoms with Crippen molar-refractivity contribution in [3.8, 4) is 0 Å². The molecule has 2 N–H and O–H groups in total. The van der Waals surface area contributed by atoms with E-state index in [1.807, 2.05) is 10.0 Å². The van der Waals surface area contributed by atoms with Crippen LogP contribution in [0.5, 0.6) is 0 Å². The Labute approximate surface area is 105 Å². The lowest BCUT2D eigenvalue weighted by atomic mass is 9.99. The fraction of sp³-hybridized carbons (Fsp3) is 0.667. The minimum absolute atomic E-state index is 0.335. The molecule has 6 heteroatoms. The third kappa shape index (κ3) is 2.88. The second kappa shape index (κ2) is 5.49. The third-order valence-electron chi connectivity index (χ3n) is 3.55. The summed E-state index contributed by atoms with van der Waals surface area (Å²) in [7, 11) is 0. The van der Waals surface area contributed by atoms with Crippen LogP contribution in [-0.2, 0) is 9.59 Å². The molecule has 0 aliphatic carbocycles. The van der Waals surface area contributed by atoms with Crippen LogP contribution in [0.15, 0.2) is 11.6 Å². The molecule has 0 radical (unpaired) electrons. The van der Waals surface area contributed by atoms with Gasteiger partial charge in [-0.1, -0.05) is 6.08 Å². The second-order valence-electron chi connectivity index (χ2n) is 4.80. The number of carboxylic acid groups (broad SMARTS) is 2. The van der Waals surface area contributed by atoms with E-state index in [2.05, 4.69) is 0 Å². The molecule has 1 atom stereocenters. The normalized spacial score (nSPS) is 26.7. The zero-order valence-electron chi connectivity index (χ0n) is 10.2. The minimum Gasteiger partial charge on any atom is -0.481 e. The molecule has 2 rings (SSSR count). The maximum atomic E-state index is 11.0. The molecule has 1 fully saturated rings. The first-order valence-electron chi connectivity index (χ1n) is 6.23. The molecule has 0 spiro atoms. The zero-order valence-corrected chi connectivity index (χ0v) is 10.2. The number of rotatable bonds is 3. The fourth-order valence-electron chi connectivity index (χ4n) is 2.54. The van der Waals surface area contributed by atoms with Crippen LogP contribution in [0.25, 0.3) is 0 Å². The van der Waals surface area contributed by atoms with Crippen LogP contribution < -0.4 is 0 Å². The van der Waals surface area contributed by atoms with Crippen molar-refractivity contribution in [1.82, 2.24) is 10.0 Å². The molecular weight excluding hydrogens is 236 g/mol. The Balaban J connectivity index is 1.97. The molecule has 2 aliphatic rings. The zero-order chi connectivity index (χ0) is 13.1. The lowest BCUT2D eigenvalue weighted by Gasteiger charge is -2.40. The molecule has 0 aromatic carbocycles. The van der Waals surface area contributed by atoms with E-state index in [0.717, 1.165) is 19.5 Å². The van der Waals surface area contributed by atoms with Crippen molar-refractivity contribution in [1.29, 1.82) is 0 Å². The summed E-state index contributed by atoms with van der Waals surface area (Å²) in [5, 5.41) is 22.0. The van der Waals surface area contributed by atoms with Crippen molar-refractivity contribution in [2.75, 3.05) is 26.2 Å². The van der Waals surface area contributed by atoms with Gasteiger partial charge in [0.05, 0.1) is 5.92 Å². The van der Waals surface area contributed by atoms with Crippen molar-refractivity contribution in [3.63, 3.8) is 0 Å². The van der Waals surface area contributed by atoms with E-state index < -0.39 is 11.9 Å². The Hall–Kier alpha value is -1.40. The van der Waals surface area contributed by atoms with Gasteiger partial charge in [-0.05, 0) is 19.3 Å². The molecule has 1 unspecified atom stereocenters. The van der Waals surface area contributed by atoms with E-state index in [9.17, 15) is 9.59 Å².